The quantitative estimate of drug-likeness (QED) is 0.854. The van der Waals surface area contributed by atoms with E-state index in [9.17, 15) is 9.90 Å². The van der Waals surface area contributed by atoms with Gasteiger partial charge in [0.25, 0.3) is 5.91 Å². The Bertz CT molecular complexity index is 592. The molecule has 1 atom stereocenters. The van der Waals surface area contributed by atoms with Crippen LogP contribution in [0, 0.1) is 5.41 Å². The number of methoxy groups -OCH3 is 1. The van der Waals surface area contributed by atoms with Crippen LogP contribution in [0.4, 0.5) is 0 Å². The van der Waals surface area contributed by atoms with E-state index in [-0.39, 0.29) is 11.7 Å². The van der Waals surface area contributed by atoms with Gasteiger partial charge in [0.05, 0.1) is 7.11 Å². The van der Waals surface area contributed by atoms with E-state index in [0.717, 1.165) is 31.4 Å². The number of aryl methyl sites for hydroxylation is 1. The van der Waals surface area contributed by atoms with E-state index >= 15 is 0 Å². The van der Waals surface area contributed by atoms with Crippen LogP contribution in [-0.4, -0.2) is 35.6 Å². The predicted molar refractivity (Wildman–Crippen MR) is 74.1 cm³/mol. The number of ether oxygens (including phenoxy) is 1. The van der Waals surface area contributed by atoms with Crippen LogP contribution >= 0.6 is 0 Å². The first kappa shape index (κ1) is 12.1. The zero-order valence-corrected chi connectivity index (χ0v) is 11.7. The van der Waals surface area contributed by atoms with Crippen LogP contribution < -0.4 is 4.74 Å². The van der Waals surface area contributed by atoms with E-state index < -0.39 is 0 Å². The Morgan fingerprint density at radius 2 is 2.20 bits per heavy atom. The molecule has 0 bridgehead atoms. The molecule has 1 saturated carbocycles. The lowest BCUT2D eigenvalue weighted by Crippen LogP contribution is -2.34. The molecule has 1 aliphatic carbocycles. The topological polar surface area (TPSA) is 49.8 Å². The molecule has 1 saturated heterocycles. The number of fused-ring (bicyclic) bond motifs is 2. The van der Waals surface area contributed by atoms with Crippen LogP contribution in [0.25, 0.3) is 0 Å². The van der Waals surface area contributed by atoms with Crippen LogP contribution in [0.3, 0.4) is 0 Å². The third kappa shape index (κ3) is 1.63. The van der Waals surface area contributed by atoms with Crippen molar-refractivity contribution in [2.24, 2.45) is 5.41 Å². The summed E-state index contributed by atoms with van der Waals surface area (Å²) >= 11 is 0. The van der Waals surface area contributed by atoms with Gasteiger partial charge in [0.1, 0.15) is 0 Å². The summed E-state index contributed by atoms with van der Waals surface area (Å²) in [6.07, 6.45) is 5.58. The third-order valence-electron chi connectivity index (χ3n) is 5.22. The fourth-order valence-electron chi connectivity index (χ4n) is 3.86. The van der Waals surface area contributed by atoms with Gasteiger partial charge in [-0.05, 0) is 55.2 Å². The zero-order valence-electron chi connectivity index (χ0n) is 11.7. The average molecular weight is 273 g/mol. The minimum Gasteiger partial charge on any atom is -0.504 e. The Balaban J connectivity index is 1.75. The van der Waals surface area contributed by atoms with Gasteiger partial charge in [-0.2, -0.15) is 0 Å². The SMILES string of the molecule is COc1cc2c(cc1O)CC[C@@H]1CC3(CC3)CN1C2=O. The van der Waals surface area contributed by atoms with E-state index in [1.807, 2.05) is 0 Å². The second-order valence-electron chi connectivity index (χ2n) is 6.51. The van der Waals surface area contributed by atoms with E-state index in [1.165, 1.54) is 20.0 Å². The van der Waals surface area contributed by atoms with Gasteiger partial charge in [-0.1, -0.05) is 0 Å². The number of aromatic hydroxyl groups is 1. The maximum Gasteiger partial charge on any atom is 0.254 e. The van der Waals surface area contributed by atoms with Crippen LogP contribution in [0.15, 0.2) is 12.1 Å². The number of hydrogen-bond acceptors (Lipinski definition) is 3. The predicted octanol–water partition coefficient (Wildman–Crippen LogP) is 2.34. The van der Waals surface area contributed by atoms with Crippen molar-refractivity contribution >= 4 is 5.91 Å². The Hall–Kier alpha value is -1.71. The molecule has 4 rings (SSSR count). The van der Waals surface area contributed by atoms with Crippen LogP contribution in [-0.2, 0) is 6.42 Å². The van der Waals surface area contributed by atoms with Gasteiger partial charge in [-0.15, -0.1) is 0 Å². The van der Waals surface area contributed by atoms with Crippen molar-refractivity contribution in [3.63, 3.8) is 0 Å². The maximum absolute atomic E-state index is 12.8. The molecular formula is C16H19NO3. The molecule has 1 spiro atoms. The van der Waals surface area contributed by atoms with Crippen LogP contribution in [0.2, 0.25) is 0 Å². The largest absolute Gasteiger partial charge is 0.504 e. The minimum absolute atomic E-state index is 0.115. The summed E-state index contributed by atoms with van der Waals surface area (Å²) in [7, 11) is 1.51. The molecule has 1 amide bonds. The number of phenols is 1. The Kier molecular flexibility index (Phi) is 2.35. The molecule has 1 N–H and O–H groups in total. The van der Waals surface area contributed by atoms with E-state index in [2.05, 4.69) is 4.90 Å². The molecule has 4 nitrogen and oxygen atoms in total. The highest BCUT2D eigenvalue weighted by molar-refractivity contribution is 5.97. The van der Waals surface area contributed by atoms with Gasteiger partial charge in [0.15, 0.2) is 11.5 Å². The van der Waals surface area contributed by atoms with Gasteiger partial charge in [-0.25, -0.2) is 0 Å². The number of hydrogen-bond donors (Lipinski definition) is 1. The highest BCUT2D eigenvalue weighted by atomic mass is 16.5. The maximum atomic E-state index is 12.8. The number of rotatable bonds is 1. The number of amides is 1. The smallest absolute Gasteiger partial charge is 0.254 e. The molecule has 2 heterocycles. The van der Waals surface area contributed by atoms with Gasteiger partial charge in [0.2, 0.25) is 0 Å². The molecule has 106 valence electrons. The molecule has 0 aromatic heterocycles. The van der Waals surface area contributed by atoms with E-state index in [0.29, 0.717) is 22.8 Å². The normalized spacial score (nSPS) is 26.1. The monoisotopic (exact) mass is 273 g/mol. The first-order valence-corrected chi connectivity index (χ1v) is 7.33. The summed E-state index contributed by atoms with van der Waals surface area (Å²) in [5, 5.41) is 9.89. The minimum atomic E-state index is 0.115. The third-order valence-corrected chi connectivity index (χ3v) is 5.22. The summed E-state index contributed by atoms with van der Waals surface area (Å²) in [5.74, 6) is 0.625. The molecular weight excluding hydrogens is 254 g/mol. The molecule has 0 unspecified atom stereocenters. The molecule has 2 fully saturated rings. The Labute approximate surface area is 118 Å². The molecule has 0 radical (unpaired) electrons. The highest BCUT2D eigenvalue weighted by Crippen LogP contribution is 2.56. The van der Waals surface area contributed by atoms with Gasteiger partial charge >= 0.3 is 0 Å². The van der Waals surface area contributed by atoms with Crippen molar-refractivity contribution in [2.45, 2.75) is 38.1 Å². The lowest BCUT2D eigenvalue weighted by Gasteiger charge is -2.22. The standard InChI is InChI=1S/C16H19NO3/c1-20-14-7-12-10(6-13(14)18)2-3-11-8-16(4-5-16)9-17(11)15(12)19/h6-7,11,18H,2-5,8-9H2,1H3/t11-/m1/s1. The molecule has 3 aliphatic rings. The fraction of sp³-hybridized carbons (Fsp3) is 0.562. The summed E-state index contributed by atoms with van der Waals surface area (Å²) in [6.45, 7) is 0.916. The first-order valence-electron chi connectivity index (χ1n) is 7.33. The van der Waals surface area contributed by atoms with Crippen LogP contribution in [0.1, 0.15) is 41.6 Å². The van der Waals surface area contributed by atoms with Gasteiger partial charge in [0, 0.05) is 18.2 Å². The lowest BCUT2D eigenvalue weighted by molar-refractivity contribution is 0.0734. The summed E-state index contributed by atoms with van der Waals surface area (Å²) in [5.41, 5.74) is 2.10. The number of benzene rings is 1. The Morgan fingerprint density at radius 3 is 2.90 bits per heavy atom. The van der Waals surface area contributed by atoms with E-state index in [1.54, 1.807) is 12.1 Å². The first-order chi connectivity index (χ1) is 9.62. The van der Waals surface area contributed by atoms with E-state index in [4.69, 9.17) is 4.74 Å². The van der Waals surface area contributed by atoms with Crippen molar-refractivity contribution in [3.8, 4) is 11.5 Å². The zero-order chi connectivity index (χ0) is 13.9. The molecule has 1 aromatic carbocycles. The molecule has 4 heteroatoms. The van der Waals surface area contributed by atoms with Crippen LogP contribution in [0.5, 0.6) is 11.5 Å². The summed E-state index contributed by atoms with van der Waals surface area (Å²) < 4.78 is 5.14. The number of phenolic OH excluding ortho intramolecular Hbond substituents is 1. The number of carbonyl (C=O) groups excluding carboxylic acids is 1. The molecule has 2 aliphatic heterocycles. The lowest BCUT2D eigenvalue weighted by atomic mass is 9.97. The number of nitrogens with zero attached hydrogens (tertiary/aromatic N) is 1. The van der Waals surface area contributed by atoms with Gasteiger partial charge in [-0.3, -0.25) is 4.79 Å². The second kappa shape index (κ2) is 3.90. The van der Waals surface area contributed by atoms with Crippen molar-refractivity contribution in [2.75, 3.05) is 13.7 Å². The van der Waals surface area contributed by atoms with Crippen molar-refractivity contribution < 1.29 is 14.6 Å². The summed E-state index contributed by atoms with van der Waals surface area (Å²) in [6, 6.07) is 3.78. The van der Waals surface area contributed by atoms with Crippen molar-refractivity contribution in [1.29, 1.82) is 0 Å². The molecule has 20 heavy (non-hydrogen) atoms. The van der Waals surface area contributed by atoms with Crippen molar-refractivity contribution in [1.82, 2.24) is 4.90 Å². The summed E-state index contributed by atoms with van der Waals surface area (Å²) in [4.78, 5) is 14.9. The van der Waals surface area contributed by atoms with Crippen molar-refractivity contribution in [3.05, 3.63) is 23.3 Å². The molecule has 1 aromatic rings. The fourth-order valence-corrected chi connectivity index (χ4v) is 3.86. The number of carbonyl (C=O) groups is 1. The highest BCUT2D eigenvalue weighted by Gasteiger charge is 2.53. The average Bonchev–Trinajstić information content (AvgIpc) is 3.10. The second-order valence-corrected chi connectivity index (χ2v) is 6.51. The van der Waals surface area contributed by atoms with Gasteiger partial charge < -0.3 is 14.7 Å². The Morgan fingerprint density at radius 1 is 1.40 bits per heavy atom.